The summed E-state index contributed by atoms with van der Waals surface area (Å²) in [5, 5.41) is 9.67. The highest BCUT2D eigenvalue weighted by molar-refractivity contribution is 5.87. The van der Waals surface area contributed by atoms with Crippen LogP contribution in [0, 0.1) is 5.92 Å². The molecule has 0 amide bonds. The molecule has 192 valence electrons. The van der Waals surface area contributed by atoms with Gasteiger partial charge in [-0.15, -0.1) is 0 Å². The third-order valence-corrected chi connectivity index (χ3v) is 6.83. The van der Waals surface area contributed by atoms with Crippen LogP contribution in [0.1, 0.15) is 104 Å². The van der Waals surface area contributed by atoms with E-state index in [4.69, 9.17) is 9.47 Å². The van der Waals surface area contributed by atoms with Crippen molar-refractivity contribution in [1.82, 2.24) is 0 Å². The number of unbranched alkanes of at least 4 members (excludes halogenated alkanes) is 3. The summed E-state index contributed by atoms with van der Waals surface area (Å²) < 4.78 is 11.4. The molecule has 0 aromatic heterocycles. The lowest BCUT2D eigenvalue weighted by Gasteiger charge is -2.33. The number of esters is 2. The summed E-state index contributed by atoms with van der Waals surface area (Å²) in [6.45, 7) is 15.1. The summed E-state index contributed by atoms with van der Waals surface area (Å²) in [5.41, 5.74) is 2.33. The van der Waals surface area contributed by atoms with Gasteiger partial charge < -0.3 is 14.6 Å². The van der Waals surface area contributed by atoms with E-state index in [1.165, 1.54) is 20.3 Å². The SMILES string of the molecule is C=C(C)[C@@H]1CCC(C(=O)O)=C[C@H]1c1c(OC(C)=O)cc(C(C)(C)CCCCCC)cc1OC(C)=O. The molecule has 6 nitrogen and oxygen atoms in total. The fraction of sp³-hybridized carbons (Fsp3) is 0.552. The lowest BCUT2D eigenvalue weighted by molar-refractivity contribution is -0.134. The smallest absolute Gasteiger partial charge is 0.331 e. The lowest BCUT2D eigenvalue weighted by Crippen LogP contribution is -2.23. The van der Waals surface area contributed by atoms with E-state index in [0.29, 0.717) is 29.9 Å². The Balaban J connectivity index is 2.73. The van der Waals surface area contributed by atoms with E-state index in [1.807, 2.05) is 19.1 Å². The van der Waals surface area contributed by atoms with Gasteiger partial charge in [-0.3, -0.25) is 9.59 Å². The molecule has 1 aromatic rings. The monoisotopic (exact) mass is 484 g/mol. The van der Waals surface area contributed by atoms with E-state index in [2.05, 4.69) is 27.4 Å². The molecule has 0 fully saturated rings. The highest BCUT2D eigenvalue weighted by Gasteiger charge is 2.35. The van der Waals surface area contributed by atoms with E-state index < -0.39 is 23.8 Å². The number of ether oxygens (including phenoxy) is 2. The van der Waals surface area contributed by atoms with Crippen LogP contribution >= 0.6 is 0 Å². The van der Waals surface area contributed by atoms with Gasteiger partial charge >= 0.3 is 17.9 Å². The Morgan fingerprint density at radius 2 is 1.60 bits per heavy atom. The highest BCUT2D eigenvalue weighted by atomic mass is 16.5. The fourth-order valence-electron chi connectivity index (χ4n) is 4.86. The van der Waals surface area contributed by atoms with Crippen molar-refractivity contribution >= 4 is 17.9 Å². The molecule has 0 bridgehead atoms. The minimum Gasteiger partial charge on any atom is -0.478 e. The maximum absolute atomic E-state index is 12.1. The molecule has 0 spiro atoms. The minimum atomic E-state index is -0.983. The quantitative estimate of drug-likeness (QED) is 0.160. The van der Waals surface area contributed by atoms with Gasteiger partial charge in [0.15, 0.2) is 0 Å². The lowest BCUT2D eigenvalue weighted by atomic mass is 9.72. The number of carboxylic acids is 1. The zero-order valence-electron chi connectivity index (χ0n) is 22.0. The number of hydrogen-bond donors (Lipinski definition) is 1. The summed E-state index contributed by atoms with van der Waals surface area (Å²) >= 11 is 0. The summed E-state index contributed by atoms with van der Waals surface area (Å²) in [6, 6.07) is 3.70. The summed E-state index contributed by atoms with van der Waals surface area (Å²) in [5.74, 6) is -1.93. The van der Waals surface area contributed by atoms with Crippen LogP contribution in [0.3, 0.4) is 0 Å². The van der Waals surface area contributed by atoms with Gasteiger partial charge in [0, 0.05) is 30.9 Å². The van der Waals surface area contributed by atoms with Gasteiger partial charge in [0.25, 0.3) is 0 Å². The molecular formula is C29H40O6. The van der Waals surface area contributed by atoms with Crippen LogP contribution in [0.2, 0.25) is 0 Å². The van der Waals surface area contributed by atoms with Gasteiger partial charge in [-0.2, -0.15) is 0 Å². The van der Waals surface area contributed by atoms with Gasteiger partial charge in [-0.25, -0.2) is 4.79 Å². The van der Waals surface area contributed by atoms with Crippen molar-refractivity contribution < 1.29 is 29.0 Å². The van der Waals surface area contributed by atoms with E-state index in [1.54, 1.807) is 6.08 Å². The molecule has 1 aromatic carbocycles. The first-order valence-corrected chi connectivity index (χ1v) is 12.5. The first kappa shape index (κ1) is 28.3. The normalized spacial score (nSPS) is 17.9. The van der Waals surface area contributed by atoms with Crippen molar-refractivity contribution in [3.8, 4) is 11.5 Å². The molecule has 2 atom stereocenters. The highest BCUT2D eigenvalue weighted by Crippen LogP contribution is 2.49. The number of carbonyl (C=O) groups is 3. The maximum atomic E-state index is 12.1. The second-order valence-electron chi connectivity index (χ2n) is 10.3. The average molecular weight is 485 g/mol. The maximum Gasteiger partial charge on any atom is 0.331 e. The average Bonchev–Trinajstić information content (AvgIpc) is 2.75. The molecule has 0 aliphatic heterocycles. The van der Waals surface area contributed by atoms with Crippen molar-refractivity contribution in [1.29, 1.82) is 0 Å². The molecule has 6 heteroatoms. The fourth-order valence-corrected chi connectivity index (χ4v) is 4.86. The van der Waals surface area contributed by atoms with Gasteiger partial charge in [-0.1, -0.05) is 64.7 Å². The third-order valence-electron chi connectivity index (χ3n) is 6.83. The predicted molar refractivity (Wildman–Crippen MR) is 137 cm³/mol. The third kappa shape index (κ3) is 7.55. The number of rotatable bonds is 11. The second kappa shape index (κ2) is 12.2. The Morgan fingerprint density at radius 1 is 1.03 bits per heavy atom. The molecule has 1 N–H and O–H groups in total. The molecule has 2 rings (SSSR count). The zero-order chi connectivity index (χ0) is 26.3. The summed E-state index contributed by atoms with van der Waals surface area (Å²) in [7, 11) is 0. The van der Waals surface area contributed by atoms with Crippen LogP contribution in [0.25, 0.3) is 0 Å². The molecule has 0 saturated carbocycles. The molecule has 35 heavy (non-hydrogen) atoms. The van der Waals surface area contributed by atoms with Gasteiger partial charge in [-0.05, 0) is 55.2 Å². The molecule has 0 heterocycles. The number of carboxylic acid groups (broad SMARTS) is 1. The van der Waals surface area contributed by atoms with E-state index in [9.17, 15) is 19.5 Å². The Kier molecular flexibility index (Phi) is 9.87. The number of carbonyl (C=O) groups excluding carboxylic acids is 2. The minimum absolute atomic E-state index is 0.0883. The van der Waals surface area contributed by atoms with Crippen molar-refractivity contribution in [3.05, 3.63) is 47.1 Å². The van der Waals surface area contributed by atoms with Crippen LogP contribution < -0.4 is 9.47 Å². The van der Waals surface area contributed by atoms with E-state index in [0.717, 1.165) is 36.8 Å². The number of hydrogen-bond acceptors (Lipinski definition) is 5. The van der Waals surface area contributed by atoms with E-state index >= 15 is 0 Å². The number of aliphatic carboxylic acids is 1. The Morgan fingerprint density at radius 3 is 2.06 bits per heavy atom. The molecule has 1 aliphatic carbocycles. The van der Waals surface area contributed by atoms with Crippen LogP contribution in [-0.4, -0.2) is 23.0 Å². The molecule has 0 radical (unpaired) electrons. The van der Waals surface area contributed by atoms with Crippen LogP contribution in [0.15, 0.2) is 35.9 Å². The predicted octanol–water partition coefficient (Wildman–Crippen LogP) is 6.87. The molecule has 0 saturated heterocycles. The summed E-state index contributed by atoms with van der Waals surface area (Å²) in [4.78, 5) is 36.0. The number of benzene rings is 1. The summed E-state index contributed by atoms with van der Waals surface area (Å²) in [6.07, 6.45) is 8.13. The van der Waals surface area contributed by atoms with Crippen LogP contribution in [0.5, 0.6) is 11.5 Å². The van der Waals surface area contributed by atoms with Crippen LogP contribution in [-0.2, 0) is 19.8 Å². The number of allylic oxidation sites excluding steroid dienone is 2. The van der Waals surface area contributed by atoms with Crippen LogP contribution in [0.4, 0.5) is 0 Å². The first-order valence-electron chi connectivity index (χ1n) is 12.5. The Labute approximate surface area is 209 Å². The van der Waals surface area contributed by atoms with Crippen molar-refractivity contribution in [3.63, 3.8) is 0 Å². The Bertz CT molecular complexity index is 963. The first-order chi connectivity index (χ1) is 16.4. The Hall–Kier alpha value is -2.89. The topological polar surface area (TPSA) is 89.9 Å². The second-order valence-corrected chi connectivity index (χ2v) is 10.3. The van der Waals surface area contributed by atoms with Crippen molar-refractivity contribution in [2.24, 2.45) is 5.92 Å². The van der Waals surface area contributed by atoms with Gasteiger partial charge in [0.2, 0.25) is 0 Å². The van der Waals surface area contributed by atoms with Crippen molar-refractivity contribution in [2.75, 3.05) is 0 Å². The van der Waals surface area contributed by atoms with Crippen molar-refractivity contribution in [2.45, 2.75) is 97.8 Å². The molecule has 1 aliphatic rings. The zero-order valence-corrected chi connectivity index (χ0v) is 22.0. The van der Waals surface area contributed by atoms with Gasteiger partial charge in [0.1, 0.15) is 11.5 Å². The van der Waals surface area contributed by atoms with Gasteiger partial charge in [0.05, 0.1) is 0 Å². The van der Waals surface area contributed by atoms with E-state index in [-0.39, 0.29) is 16.9 Å². The molecule has 0 unspecified atom stereocenters. The molecular weight excluding hydrogens is 444 g/mol. The largest absolute Gasteiger partial charge is 0.478 e. The standard InChI is InChI=1S/C29H40O6/c1-8-9-10-11-14-29(6,7)22-16-25(34-19(4)30)27(26(17-22)35-20(5)31)24-15-21(28(32)33)12-13-23(24)18(2)3/h15-17,23-24H,2,8-14H2,1,3-7H3,(H,32,33)/t23-,24+/m0/s1.